The van der Waals surface area contributed by atoms with E-state index >= 15 is 0 Å². The largest absolute Gasteiger partial charge is 0.496 e. The van der Waals surface area contributed by atoms with E-state index in [0.717, 1.165) is 0 Å². The first-order valence-corrected chi connectivity index (χ1v) is 4.08. The zero-order valence-electron chi connectivity index (χ0n) is 8.85. The third-order valence-corrected chi connectivity index (χ3v) is 1.38. The van der Waals surface area contributed by atoms with E-state index in [9.17, 15) is 52.7 Å². The number of rotatable bonds is 6. The molecule has 0 unspecified atom stereocenters. The fraction of sp³-hybridized carbons (Fsp3) is 0.429. The molecular formula is C7F12O2. The zero-order chi connectivity index (χ0) is 17.2. The van der Waals surface area contributed by atoms with Crippen LogP contribution in [0.3, 0.4) is 0 Å². The summed E-state index contributed by atoms with van der Waals surface area (Å²) in [5.41, 5.74) is 0. The van der Waals surface area contributed by atoms with Crippen LogP contribution in [0.4, 0.5) is 52.7 Å². The van der Waals surface area contributed by atoms with Crippen molar-refractivity contribution in [2.24, 2.45) is 0 Å². The predicted octanol–water partition coefficient (Wildman–Crippen LogP) is 4.91. The summed E-state index contributed by atoms with van der Waals surface area (Å²) in [6.07, 6.45) is -27.0. The Morgan fingerprint density at radius 1 is 0.619 bits per heavy atom. The van der Waals surface area contributed by atoms with Crippen molar-refractivity contribution in [3.8, 4) is 0 Å². The van der Waals surface area contributed by atoms with Gasteiger partial charge in [0.25, 0.3) is 5.83 Å². The maximum atomic E-state index is 12.5. The SMILES string of the molecule is FC(F)=C(F)OC(F)(F)C(F)(F)OC(F)(F)C(F)=C(F)F. The third kappa shape index (κ3) is 4.71. The van der Waals surface area contributed by atoms with E-state index in [1.807, 2.05) is 4.74 Å². The second kappa shape index (κ2) is 6.03. The van der Waals surface area contributed by atoms with Crippen molar-refractivity contribution in [1.82, 2.24) is 0 Å². The molecule has 0 aromatic rings. The normalized spacial score (nSPS) is 13.0. The minimum Gasteiger partial charge on any atom is -0.396 e. The molecule has 0 aliphatic rings. The fourth-order valence-corrected chi connectivity index (χ4v) is 0.586. The Balaban J connectivity index is 5.40. The second-order valence-corrected chi connectivity index (χ2v) is 2.86. The molecule has 124 valence electrons. The van der Waals surface area contributed by atoms with Crippen LogP contribution in [0.15, 0.2) is 24.0 Å². The number of hydrogen-bond acceptors (Lipinski definition) is 2. The molecule has 0 rings (SSSR count). The van der Waals surface area contributed by atoms with Crippen LogP contribution in [-0.4, -0.2) is 18.3 Å². The molecule has 0 saturated heterocycles. The smallest absolute Gasteiger partial charge is 0.396 e. The number of ether oxygens (including phenoxy) is 2. The molecule has 0 atom stereocenters. The van der Waals surface area contributed by atoms with Gasteiger partial charge < -0.3 is 4.74 Å². The molecule has 0 radical (unpaired) electrons. The second-order valence-electron chi connectivity index (χ2n) is 2.86. The molecule has 0 aliphatic carbocycles. The van der Waals surface area contributed by atoms with Crippen LogP contribution in [0.1, 0.15) is 0 Å². The Morgan fingerprint density at radius 2 is 1.05 bits per heavy atom. The zero-order valence-corrected chi connectivity index (χ0v) is 8.85. The molecule has 0 aromatic carbocycles. The molecule has 0 amide bonds. The molecule has 0 aliphatic heterocycles. The van der Waals surface area contributed by atoms with Crippen molar-refractivity contribution in [3.63, 3.8) is 0 Å². The molecule has 0 bridgehead atoms. The van der Waals surface area contributed by atoms with Gasteiger partial charge in [-0.1, -0.05) is 0 Å². The van der Waals surface area contributed by atoms with E-state index in [-0.39, 0.29) is 0 Å². The highest BCUT2D eigenvalue weighted by atomic mass is 19.3. The lowest BCUT2D eigenvalue weighted by Crippen LogP contribution is -2.48. The van der Waals surface area contributed by atoms with E-state index in [2.05, 4.69) is 0 Å². The summed E-state index contributed by atoms with van der Waals surface area (Å²) in [7, 11) is 0. The van der Waals surface area contributed by atoms with Crippen LogP contribution in [0.25, 0.3) is 0 Å². The summed E-state index contributed by atoms with van der Waals surface area (Å²) in [6.45, 7) is 0. The van der Waals surface area contributed by atoms with Gasteiger partial charge in [-0.05, 0) is 0 Å². The van der Waals surface area contributed by atoms with E-state index in [1.54, 1.807) is 4.74 Å². The molecule has 0 aromatic heterocycles. The standard InChI is InChI=1S/C7F12O2/c8-1(2(9)10)5(14,15)21-7(18,19)6(16,17)20-4(13)3(11)12. The Labute approximate surface area is 106 Å². The van der Waals surface area contributed by atoms with Gasteiger partial charge in [-0.25, -0.2) is 4.74 Å². The van der Waals surface area contributed by atoms with Crippen LogP contribution < -0.4 is 0 Å². The van der Waals surface area contributed by atoms with Crippen LogP contribution in [-0.2, 0) is 9.47 Å². The molecule has 0 saturated carbocycles. The quantitative estimate of drug-likeness (QED) is 0.504. The number of halogens is 12. The first-order valence-electron chi connectivity index (χ1n) is 4.08. The number of alkyl halides is 6. The summed E-state index contributed by atoms with van der Waals surface area (Å²) in [5, 5.41) is 0. The molecule has 0 fully saturated rings. The summed E-state index contributed by atoms with van der Waals surface area (Å²) in [6, 6.07) is -3.58. The molecule has 14 heteroatoms. The van der Waals surface area contributed by atoms with Gasteiger partial charge in [0.2, 0.25) is 0 Å². The third-order valence-electron chi connectivity index (χ3n) is 1.38. The summed E-state index contributed by atoms with van der Waals surface area (Å²) in [4.78, 5) is 0. The van der Waals surface area contributed by atoms with Gasteiger partial charge in [0.05, 0.1) is 0 Å². The van der Waals surface area contributed by atoms with Crippen molar-refractivity contribution in [1.29, 1.82) is 0 Å². The molecule has 0 heterocycles. The van der Waals surface area contributed by atoms with Crippen LogP contribution in [0, 0.1) is 0 Å². The highest BCUT2D eigenvalue weighted by Gasteiger charge is 2.67. The highest BCUT2D eigenvalue weighted by Crippen LogP contribution is 2.44. The van der Waals surface area contributed by atoms with E-state index in [0.29, 0.717) is 0 Å². The molecule has 21 heavy (non-hydrogen) atoms. The predicted molar refractivity (Wildman–Crippen MR) is 37.7 cm³/mol. The Kier molecular flexibility index (Phi) is 5.57. The van der Waals surface area contributed by atoms with Crippen molar-refractivity contribution in [2.75, 3.05) is 0 Å². The molecule has 0 spiro atoms. The average Bonchev–Trinajstić information content (AvgIpc) is 2.25. The van der Waals surface area contributed by atoms with Gasteiger partial charge in [-0.15, -0.1) is 0 Å². The summed E-state index contributed by atoms with van der Waals surface area (Å²) >= 11 is 0. The van der Waals surface area contributed by atoms with E-state index < -0.39 is 42.3 Å². The molecule has 2 nitrogen and oxygen atoms in total. The molecular weight excluding hydrogens is 344 g/mol. The van der Waals surface area contributed by atoms with E-state index in [1.165, 1.54) is 0 Å². The van der Waals surface area contributed by atoms with Crippen molar-refractivity contribution in [2.45, 2.75) is 18.3 Å². The summed E-state index contributed by atoms with van der Waals surface area (Å²) in [5.74, 6) is -3.95. The van der Waals surface area contributed by atoms with Crippen LogP contribution >= 0.6 is 0 Å². The van der Waals surface area contributed by atoms with Gasteiger partial charge >= 0.3 is 36.5 Å². The first kappa shape index (κ1) is 19.4. The lowest BCUT2D eigenvalue weighted by Gasteiger charge is -2.27. The van der Waals surface area contributed by atoms with Crippen molar-refractivity contribution >= 4 is 0 Å². The van der Waals surface area contributed by atoms with Gasteiger partial charge in [-0.3, -0.25) is 0 Å². The van der Waals surface area contributed by atoms with Crippen molar-refractivity contribution in [3.05, 3.63) is 24.0 Å². The Bertz CT molecular complexity index is 445. The van der Waals surface area contributed by atoms with Crippen LogP contribution in [0.2, 0.25) is 0 Å². The fourth-order valence-electron chi connectivity index (χ4n) is 0.586. The number of hydrogen-bond donors (Lipinski definition) is 0. The monoisotopic (exact) mass is 344 g/mol. The minimum atomic E-state index is -6.66. The first-order chi connectivity index (χ1) is 9.14. The van der Waals surface area contributed by atoms with Gasteiger partial charge in [0.1, 0.15) is 0 Å². The van der Waals surface area contributed by atoms with Gasteiger partial charge in [-0.2, -0.15) is 52.7 Å². The lowest BCUT2D eigenvalue weighted by atomic mass is 10.5. The van der Waals surface area contributed by atoms with Crippen LogP contribution in [0.5, 0.6) is 0 Å². The Morgan fingerprint density at radius 3 is 1.38 bits per heavy atom. The lowest BCUT2D eigenvalue weighted by molar-refractivity contribution is -0.472. The van der Waals surface area contributed by atoms with Gasteiger partial charge in [0.15, 0.2) is 0 Å². The van der Waals surface area contributed by atoms with E-state index in [4.69, 9.17) is 0 Å². The van der Waals surface area contributed by atoms with Crippen molar-refractivity contribution < 1.29 is 62.2 Å². The maximum Gasteiger partial charge on any atom is 0.496 e. The Hall–Kier alpha value is -1.60. The highest BCUT2D eigenvalue weighted by molar-refractivity contribution is 5.00. The topological polar surface area (TPSA) is 18.5 Å². The minimum absolute atomic E-state index is 1.81. The van der Waals surface area contributed by atoms with Gasteiger partial charge in [0, 0.05) is 0 Å². The molecule has 0 N–H and O–H groups in total. The average molecular weight is 344 g/mol. The maximum absolute atomic E-state index is 12.5. The summed E-state index contributed by atoms with van der Waals surface area (Å²) < 4.78 is 148.